The first-order valence-electron chi connectivity index (χ1n) is 6.71. The van der Waals surface area contributed by atoms with Crippen molar-refractivity contribution in [1.82, 2.24) is 0 Å². The summed E-state index contributed by atoms with van der Waals surface area (Å²) in [7, 11) is 2.45. The summed E-state index contributed by atoms with van der Waals surface area (Å²) in [6, 6.07) is 9.00. The van der Waals surface area contributed by atoms with Crippen molar-refractivity contribution in [1.29, 1.82) is 0 Å². The number of para-hydroxylation sites is 1. The highest BCUT2D eigenvalue weighted by atomic mass is 32.1. The zero-order chi connectivity index (χ0) is 16.3. The van der Waals surface area contributed by atoms with E-state index in [0.29, 0.717) is 0 Å². The van der Waals surface area contributed by atoms with E-state index in [-0.39, 0.29) is 17.5 Å². The fourth-order valence-corrected chi connectivity index (χ4v) is 3.20. The number of carbonyl (C=O) groups is 2. The van der Waals surface area contributed by atoms with Crippen LogP contribution in [0.25, 0.3) is 0 Å². The van der Waals surface area contributed by atoms with Crippen molar-refractivity contribution >= 4 is 34.8 Å². The molecule has 0 amide bonds. The van der Waals surface area contributed by atoms with E-state index in [1.165, 1.54) is 14.2 Å². The Labute approximate surface area is 134 Å². The van der Waals surface area contributed by atoms with E-state index in [1.54, 1.807) is 11.0 Å². The molecule has 1 aliphatic heterocycles. The van der Waals surface area contributed by atoms with Crippen LogP contribution < -0.4 is 4.90 Å². The van der Waals surface area contributed by atoms with Crippen LogP contribution in [-0.4, -0.2) is 37.2 Å². The Morgan fingerprint density at radius 3 is 2.27 bits per heavy atom. The summed E-state index contributed by atoms with van der Waals surface area (Å²) in [5, 5.41) is 0. The summed E-state index contributed by atoms with van der Waals surface area (Å²) in [4.78, 5) is 26.5. The highest BCUT2D eigenvalue weighted by Gasteiger charge is 2.60. The smallest absolute Gasteiger partial charge is 0.330 e. The van der Waals surface area contributed by atoms with Gasteiger partial charge in [0, 0.05) is 12.1 Å². The van der Waals surface area contributed by atoms with Gasteiger partial charge in [0.25, 0.3) is 0 Å². The number of esters is 2. The normalized spacial score (nSPS) is 19.6. The lowest BCUT2D eigenvalue weighted by Gasteiger charge is -2.26. The third-order valence-electron chi connectivity index (χ3n) is 3.81. The van der Waals surface area contributed by atoms with Crippen molar-refractivity contribution in [2.24, 2.45) is 5.41 Å². The molecule has 1 aliphatic rings. The molecule has 1 atom stereocenters. The summed E-state index contributed by atoms with van der Waals surface area (Å²) in [5.74, 6) is -1.43. The van der Waals surface area contributed by atoms with Gasteiger partial charge in [-0.3, -0.25) is 9.59 Å². The molecule has 1 aromatic carbocycles. The van der Waals surface area contributed by atoms with Gasteiger partial charge in [0.15, 0.2) is 0 Å². The fraction of sp³-hybridized carbons (Fsp3) is 0.312. The maximum absolute atomic E-state index is 12.3. The van der Waals surface area contributed by atoms with Crippen molar-refractivity contribution in [2.75, 3.05) is 19.1 Å². The lowest BCUT2D eigenvalue weighted by molar-refractivity contribution is -0.163. The van der Waals surface area contributed by atoms with Crippen molar-refractivity contribution < 1.29 is 19.1 Å². The van der Waals surface area contributed by atoms with E-state index in [2.05, 4.69) is 6.58 Å². The number of hydrogen-bond acceptors (Lipinski definition) is 5. The average Bonchev–Trinajstić information content (AvgIpc) is 2.87. The molecule has 5 nitrogen and oxygen atoms in total. The number of nitrogens with zero attached hydrogens (tertiary/aromatic N) is 1. The minimum absolute atomic E-state index is 0.142. The first-order chi connectivity index (χ1) is 10.5. The fourth-order valence-electron chi connectivity index (χ4n) is 2.71. The Kier molecular flexibility index (Phi) is 4.61. The molecular formula is C16H17NO4S. The topological polar surface area (TPSA) is 55.8 Å². The van der Waals surface area contributed by atoms with Crippen molar-refractivity contribution in [3.8, 4) is 0 Å². The molecule has 116 valence electrons. The molecule has 0 bridgehead atoms. The number of ether oxygens (including phenoxy) is 2. The molecule has 0 saturated carbocycles. The van der Waals surface area contributed by atoms with E-state index < -0.39 is 17.4 Å². The highest BCUT2D eigenvalue weighted by molar-refractivity contribution is 7.81. The van der Waals surface area contributed by atoms with Crippen LogP contribution in [0.3, 0.4) is 0 Å². The summed E-state index contributed by atoms with van der Waals surface area (Å²) in [5.41, 5.74) is -0.833. The maximum atomic E-state index is 12.3. The van der Waals surface area contributed by atoms with E-state index in [4.69, 9.17) is 21.7 Å². The van der Waals surface area contributed by atoms with Crippen molar-refractivity contribution in [3.05, 3.63) is 43.0 Å². The van der Waals surface area contributed by atoms with Crippen molar-refractivity contribution in [2.45, 2.75) is 12.5 Å². The van der Waals surface area contributed by atoms with Gasteiger partial charge in [-0.1, -0.05) is 36.5 Å². The van der Waals surface area contributed by atoms with Gasteiger partial charge in [0.2, 0.25) is 5.41 Å². The summed E-state index contributed by atoms with van der Waals surface area (Å²) < 4.78 is 9.64. The Hall–Kier alpha value is -2.21. The Bertz CT molecular complexity index is 598. The first kappa shape index (κ1) is 16.2. The Morgan fingerprint density at radius 2 is 1.82 bits per heavy atom. The van der Waals surface area contributed by atoms with Crippen LogP contribution in [0.5, 0.6) is 0 Å². The molecular weight excluding hydrogens is 302 g/mol. The minimum atomic E-state index is -1.62. The molecule has 1 fully saturated rings. The van der Waals surface area contributed by atoms with Gasteiger partial charge in [0.05, 0.1) is 20.3 Å². The van der Waals surface area contributed by atoms with Crippen LogP contribution in [0, 0.1) is 5.41 Å². The summed E-state index contributed by atoms with van der Waals surface area (Å²) in [6.45, 7) is 3.78. The minimum Gasteiger partial charge on any atom is -0.468 e. The molecule has 0 radical (unpaired) electrons. The largest absolute Gasteiger partial charge is 0.468 e. The zero-order valence-electron chi connectivity index (χ0n) is 12.4. The summed E-state index contributed by atoms with van der Waals surface area (Å²) in [6.07, 6.45) is 1.80. The molecule has 22 heavy (non-hydrogen) atoms. The molecule has 0 aliphatic carbocycles. The SMILES string of the molecule is C=CC1CC(C(=O)OC)(C(=O)OC)C(=S)N1c1ccccc1. The second-order valence-electron chi connectivity index (χ2n) is 4.91. The van der Waals surface area contributed by atoms with Gasteiger partial charge in [0.1, 0.15) is 4.99 Å². The molecule has 1 aromatic rings. The lowest BCUT2D eigenvalue weighted by atomic mass is 9.85. The van der Waals surface area contributed by atoms with Crippen LogP contribution in [0.4, 0.5) is 5.69 Å². The Morgan fingerprint density at radius 1 is 1.27 bits per heavy atom. The molecule has 6 heteroatoms. The van der Waals surface area contributed by atoms with Crippen LogP contribution in [0.1, 0.15) is 6.42 Å². The molecule has 0 spiro atoms. The number of rotatable bonds is 4. The standard InChI is InChI=1S/C16H17NO4S/c1-4-11-10-16(14(18)20-2,15(19)21-3)13(22)17(11)12-8-6-5-7-9-12/h4-9,11H,1,10H2,2-3H3. The van der Waals surface area contributed by atoms with Crippen molar-refractivity contribution in [3.63, 3.8) is 0 Å². The number of carbonyl (C=O) groups excluding carboxylic acids is 2. The second-order valence-corrected chi connectivity index (χ2v) is 5.29. The average molecular weight is 319 g/mol. The number of anilines is 1. The number of thiocarbonyl (C=S) groups is 1. The van der Waals surface area contributed by atoms with Gasteiger partial charge in [-0.15, -0.1) is 6.58 Å². The van der Waals surface area contributed by atoms with Gasteiger partial charge < -0.3 is 14.4 Å². The number of hydrogen-bond donors (Lipinski definition) is 0. The van der Waals surface area contributed by atoms with Crippen LogP contribution in [0.2, 0.25) is 0 Å². The van der Waals surface area contributed by atoms with E-state index in [1.807, 2.05) is 30.3 Å². The van der Waals surface area contributed by atoms with Crippen LogP contribution in [0.15, 0.2) is 43.0 Å². The van der Waals surface area contributed by atoms with Gasteiger partial charge in [-0.25, -0.2) is 0 Å². The monoisotopic (exact) mass is 319 g/mol. The molecule has 0 N–H and O–H groups in total. The third-order valence-corrected chi connectivity index (χ3v) is 4.35. The van der Waals surface area contributed by atoms with Gasteiger partial charge in [-0.05, 0) is 12.1 Å². The third kappa shape index (κ3) is 2.29. The van der Waals surface area contributed by atoms with Crippen LogP contribution in [-0.2, 0) is 19.1 Å². The lowest BCUT2D eigenvalue weighted by Crippen LogP contribution is -2.47. The highest BCUT2D eigenvalue weighted by Crippen LogP contribution is 2.42. The molecule has 1 unspecified atom stereocenters. The molecule has 1 saturated heterocycles. The maximum Gasteiger partial charge on any atom is 0.330 e. The van der Waals surface area contributed by atoms with Crippen LogP contribution >= 0.6 is 12.2 Å². The van der Waals surface area contributed by atoms with E-state index in [0.717, 1.165) is 5.69 Å². The van der Waals surface area contributed by atoms with Gasteiger partial charge in [-0.2, -0.15) is 0 Å². The second kappa shape index (κ2) is 6.27. The predicted octanol–water partition coefficient (Wildman–Crippen LogP) is 2.11. The van der Waals surface area contributed by atoms with E-state index >= 15 is 0 Å². The predicted molar refractivity (Wildman–Crippen MR) is 86.6 cm³/mol. The number of benzene rings is 1. The molecule has 2 rings (SSSR count). The number of methoxy groups -OCH3 is 2. The molecule has 1 heterocycles. The first-order valence-corrected chi connectivity index (χ1v) is 7.11. The Balaban J connectivity index is 2.56. The zero-order valence-corrected chi connectivity index (χ0v) is 13.3. The molecule has 0 aromatic heterocycles. The van der Waals surface area contributed by atoms with E-state index in [9.17, 15) is 9.59 Å². The quantitative estimate of drug-likeness (QED) is 0.367. The summed E-state index contributed by atoms with van der Waals surface area (Å²) >= 11 is 5.46. The van der Waals surface area contributed by atoms with Gasteiger partial charge >= 0.3 is 11.9 Å².